The van der Waals surface area contributed by atoms with Crippen LogP contribution in [0, 0.1) is 0 Å². The molecule has 0 rings (SSSR count). The Morgan fingerprint density at radius 1 is 0.415 bits per heavy atom. The van der Waals surface area contributed by atoms with Gasteiger partial charge in [0.15, 0.2) is 0 Å². The smallest absolute Gasteiger partial charge is 0.245 e. The van der Waals surface area contributed by atoms with Crippen molar-refractivity contribution in [1.82, 2.24) is 0 Å². The Bertz CT molecular complexity index is 1210. The first-order valence-corrected chi connectivity index (χ1v) is 10.8. The van der Waals surface area contributed by atoms with Gasteiger partial charge in [-0.3, -0.25) is 0 Å². The zero-order valence-electron chi connectivity index (χ0n) is 17.2. The second kappa shape index (κ2) is 10.2. The fraction of sp³-hybridized carbons (Fsp3) is 0.667. The molecule has 0 radical (unpaired) electrons. The van der Waals surface area contributed by atoms with Gasteiger partial charge in [-0.1, -0.05) is 0 Å². The average Bonchev–Trinajstić information content (AvgIpc) is 2.73. The van der Waals surface area contributed by atoms with E-state index in [4.69, 9.17) is 0 Å². The molecule has 0 aromatic rings. The number of hydrogen-bond acceptors (Lipinski definition) is 5. The highest BCUT2D eigenvalue weighted by Crippen LogP contribution is 2.62. The van der Waals surface area contributed by atoms with E-state index in [-0.39, 0.29) is 0 Å². The van der Waals surface area contributed by atoms with Crippen molar-refractivity contribution < 1.29 is 117 Å². The topological polar surface area (TPSA) is 77.5 Å². The van der Waals surface area contributed by atoms with Crippen molar-refractivity contribution >= 4 is 20.4 Å². The quantitative estimate of drug-likeness (QED) is 0.165. The molecule has 244 valence electrons. The highest BCUT2D eigenvalue weighted by Gasteiger charge is 2.91. The molecule has 0 aliphatic rings. The minimum atomic E-state index is -8.94. The molecule has 0 heterocycles. The van der Waals surface area contributed by atoms with Gasteiger partial charge in [0.05, 0.1) is 0 Å². The molecule has 41 heavy (non-hydrogen) atoms. The summed E-state index contributed by atoms with van der Waals surface area (Å²) in [6.07, 6.45) is -27.3. The lowest BCUT2D eigenvalue weighted by atomic mass is 10.0. The minimum Gasteiger partial charge on any atom is -0.245 e. The molecule has 0 N–H and O–H groups in total. The van der Waals surface area contributed by atoms with Crippen LogP contribution < -0.4 is 0 Å². The van der Waals surface area contributed by atoms with Crippen molar-refractivity contribution in [3.8, 4) is 0 Å². The van der Waals surface area contributed by atoms with Gasteiger partial charge in [0.1, 0.15) is 0 Å². The van der Waals surface area contributed by atoms with Gasteiger partial charge in [-0.15, -0.1) is 7.77 Å². The molecule has 0 aromatic heterocycles. The van der Waals surface area contributed by atoms with Crippen LogP contribution >= 0.6 is 0 Å². The van der Waals surface area contributed by atoms with E-state index in [1.807, 2.05) is 0 Å². The van der Waals surface area contributed by atoms with Crippen molar-refractivity contribution in [3.63, 3.8) is 0 Å². The maximum absolute atomic E-state index is 13.8. The molecule has 0 bridgehead atoms. The molecule has 2 unspecified atom stereocenters. The lowest BCUT2D eigenvalue weighted by Crippen LogP contribution is -2.70. The van der Waals surface area contributed by atoms with E-state index in [0.717, 1.165) is 4.74 Å². The SMILES string of the molecule is O=S(=O)(F)C(F)(C(F)=C(F)F)C(F)(F)C(F)(F)C(F)(F)OC(F)(F)C(F)(F)C(F)(F)C(F)(C(F)=C(F)F)S(=O)(=O)F. The van der Waals surface area contributed by atoms with E-state index in [1.54, 1.807) is 0 Å². The van der Waals surface area contributed by atoms with Crippen molar-refractivity contribution in [1.29, 1.82) is 0 Å². The van der Waals surface area contributed by atoms with Gasteiger partial charge < -0.3 is 0 Å². The summed E-state index contributed by atoms with van der Waals surface area (Å²) in [5.41, 5.74) is 0. The fourth-order valence-electron chi connectivity index (χ4n) is 2.10. The van der Waals surface area contributed by atoms with Gasteiger partial charge in [0.2, 0.25) is 11.7 Å². The highest BCUT2D eigenvalue weighted by molar-refractivity contribution is 7.88. The van der Waals surface area contributed by atoms with Gasteiger partial charge in [-0.2, -0.15) is 87.1 Å². The summed E-state index contributed by atoms with van der Waals surface area (Å²) < 4.78 is 333. The number of hydrogen-bond donors (Lipinski definition) is 0. The summed E-state index contributed by atoms with van der Waals surface area (Å²) in [5.74, 6) is -46.0. The predicted molar refractivity (Wildman–Crippen MR) is 79.2 cm³/mol. The van der Waals surface area contributed by atoms with Crippen LogP contribution in [0.15, 0.2) is 23.8 Å². The molecule has 0 aliphatic heterocycles. The van der Waals surface area contributed by atoms with E-state index in [0.29, 0.717) is 0 Å². The van der Waals surface area contributed by atoms with E-state index in [9.17, 15) is 112 Å². The van der Waals surface area contributed by atoms with E-state index in [1.165, 1.54) is 0 Å². The summed E-state index contributed by atoms with van der Waals surface area (Å²) in [6, 6.07) is 0. The number of rotatable bonds is 12. The zero-order valence-corrected chi connectivity index (χ0v) is 18.8. The van der Waals surface area contributed by atoms with E-state index >= 15 is 0 Å². The van der Waals surface area contributed by atoms with Crippen molar-refractivity contribution in [2.24, 2.45) is 0 Å². The summed E-state index contributed by atoms with van der Waals surface area (Å²) in [4.78, 5) is 0. The molecule has 2 atom stereocenters. The second-order valence-corrected chi connectivity index (χ2v) is 9.52. The summed E-state index contributed by atoms with van der Waals surface area (Å²) in [7, 11) is -17.6. The van der Waals surface area contributed by atoms with Gasteiger partial charge in [0.25, 0.3) is 0 Å². The lowest BCUT2D eigenvalue weighted by Gasteiger charge is -2.40. The first-order chi connectivity index (χ1) is 17.4. The molecular weight excluding hydrogens is 706 g/mol. The Hall–Kier alpha value is -2.20. The fourth-order valence-corrected chi connectivity index (χ4v) is 3.55. The molecule has 0 fully saturated rings. The van der Waals surface area contributed by atoms with Crippen LogP contribution in [0.4, 0.5) is 95.6 Å². The van der Waals surface area contributed by atoms with Crippen LogP contribution in [0.5, 0.6) is 0 Å². The van der Waals surface area contributed by atoms with Crippen LogP contribution in [-0.2, 0) is 25.2 Å². The van der Waals surface area contributed by atoms with E-state index in [2.05, 4.69) is 0 Å². The van der Waals surface area contributed by atoms with Crippen molar-refractivity contribution in [2.75, 3.05) is 0 Å². The Kier molecular flexibility index (Phi) is 9.66. The maximum Gasteiger partial charge on any atom is 0.430 e. The van der Waals surface area contributed by atoms with Crippen LogP contribution in [0.2, 0.25) is 0 Å². The molecule has 5 nitrogen and oxygen atoms in total. The standard InChI is InChI=1S/C12F22O5S2/c13-1(3(15)16)5(19,40(33,35)36)7(21,22)9(25,26)11(29,30)39-12(31,32)10(27,28)8(23,24)6(20,41(34,37)38)2(14)4(17)18. The van der Waals surface area contributed by atoms with Crippen LogP contribution in [0.3, 0.4) is 0 Å². The summed E-state index contributed by atoms with van der Waals surface area (Å²) in [5, 5.41) is -16.3. The zero-order chi connectivity index (χ0) is 34.0. The lowest BCUT2D eigenvalue weighted by molar-refractivity contribution is -0.505. The molecule has 0 amide bonds. The first kappa shape index (κ1) is 38.8. The molecule has 29 heteroatoms. The molecular formula is C12F22O5S2. The minimum absolute atomic E-state index is 0.877. The van der Waals surface area contributed by atoms with Gasteiger partial charge in [-0.05, 0) is 0 Å². The van der Waals surface area contributed by atoms with Gasteiger partial charge >= 0.3 is 78.5 Å². The molecule has 0 spiro atoms. The van der Waals surface area contributed by atoms with Crippen LogP contribution in [-0.4, -0.2) is 62.7 Å². The summed E-state index contributed by atoms with van der Waals surface area (Å²) >= 11 is 0. The Morgan fingerprint density at radius 2 is 0.610 bits per heavy atom. The monoisotopic (exact) mass is 706 g/mol. The number of alkyl halides is 14. The van der Waals surface area contributed by atoms with E-state index < -0.39 is 90.2 Å². The molecule has 0 saturated heterocycles. The Balaban J connectivity index is 7.42. The summed E-state index contributed by atoms with van der Waals surface area (Å²) in [6.45, 7) is 0. The molecule has 0 saturated carbocycles. The van der Waals surface area contributed by atoms with Crippen molar-refractivity contribution in [3.05, 3.63) is 23.8 Å². The van der Waals surface area contributed by atoms with Crippen LogP contribution in [0.25, 0.3) is 0 Å². The largest absolute Gasteiger partial charge is 0.430 e. The predicted octanol–water partition coefficient (Wildman–Crippen LogP) is 6.82. The van der Waals surface area contributed by atoms with Gasteiger partial charge in [0, 0.05) is 0 Å². The molecule has 0 aromatic carbocycles. The Morgan fingerprint density at radius 3 is 0.756 bits per heavy atom. The second-order valence-electron chi connectivity index (χ2n) is 6.65. The molecule has 0 aliphatic carbocycles. The maximum atomic E-state index is 13.8. The highest BCUT2D eigenvalue weighted by atomic mass is 32.3. The third-order valence-electron chi connectivity index (χ3n) is 4.15. The van der Waals surface area contributed by atoms with Crippen molar-refractivity contribution in [2.45, 2.75) is 45.9 Å². The third kappa shape index (κ3) is 5.28. The Labute approximate surface area is 208 Å². The number of halogens is 22. The first-order valence-electron chi connectivity index (χ1n) is 8.07. The number of ether oxygens (including phenoxy) is 1. The van der Waals surface area contributed by atoms with Gasteiger partial charge in [-0.25, -0.2) is 22.3 Å². The average molecular weight is 706 g/mol. The third-order valence-corrected chi connectivity index (χ3v) is 6.37. The van der Waals surface area contributed by atoms with Crippen LogP contribution in [0.1, 0.15) is 0 Å². The normalized spacial score (nSPS) is 17.9.